The van der Waals surface area contributed by atoms with Crippen molar-refractivity contribution < 1.29 is 4.79 Å². The summed E-state index contributed by atoms with van der Waals surface area (Å²) in [6.45, 7) is 6.12. The van der Waals surface area contributed by atoms with Crippen LogP contribution in [0.25, 0.3) is 11.0 Å². The van der Waals surface area contributed by atoms with Gasteiger partial charge in [-0.3, -0.25) is 9.79 Å². The zero-order valence-electron chi connectivity index (χ0n) is 20.0. The van der Waals surface area contributed by atoms with Crippen molar-refractivity contribution in [2.45, 2.75) is 32.7 Å². The van der Waals surface area contributed by atoms with Crippen LogP contribution in [-0.2, 0) is 17.8 Å². The van der Waals surface area contributed by atoms with E-state index in [0.29, 0.717) is 12.3 Å². The van der Waals surface area contributed by atoms with Gasteiger partial charge in [-0.25, -0.2) is 4.98 Å². The van der Waals surface area contributed by atoms with Crippen LogP contribution in [0, 0.1) is 12.8 Å². The second-order valence-corrected chi connectivity index (χ2v) is 8.68. The zero-order chi connectivity index (χ0) is 23.0. The van der Waals surface area contributed by atoms with Crippen LogP contribution in [0.5, 0.6) is 0 Å². The van der Waals surface area contributed by atoms with Crippen LogP contribution < -0.4 is 10.6 Å². The highest BCUT2D eigenvalue weighted by atomic mass is 127. The summed E-state index contributed by atoms with van der Waals surface area (Å²) in [7, 11) is 1.79. The molecule has 0 aliphatic carbocycles. The Balaban J connectivity index is 0.00000324. The van der Waals surface area contributed by atoms with Crippen LogP contribution in [0.3, 0.4) is 0 Å². The lowest BCUT2D eigenvalue weighted by atomic mass is 10.1. The number of imidazole rings is 1. The SMILES string of the molecule is CN=C(NCCCn1c(C)nc2ccccc21)NCC1CC(=O)N(CCc2ccccc2)C1.I. The number of likely N-dealkylation sites (tertiary alicyclic amines) is 1. The van der Waals surface area contributed by atoms with Gasteiger partial charge in [0, 0.05) is 52.1 Å². The Morgan fingerprint density at radius 1 is 1.09 bits per heavy atom. The van der Waals surface area contributed by atoms with Crippen molar-refractivity contribution in [1.29, 1.82) is 0 Å². The van der Waals surface area contributed by atoms with Crippen molar-refractivity contribution in [2.75, 3.05) is 33.2 Å². The van der Waals surface area contributed by atoms with E-state index in [9.17, 15) is 4.79 Å². The number of benzene rings is 2. The van der Waals surface area contributed by atoms with Crippen LogP contribution in [0.15, 0.2) is 59.6 Å². The van der Waals surface area contributed by atoms with Crippen LogP contribution in [0.2, 0.25) is 0 Å². The van der Waals surface area contributed by atoms with Crippen molar-refractivity contribution in [3.05, 3.63) is 66.0 Å². The molecule has 182 valence electrons. The van der Waals surface area contributed by atoms with E-state index in [4.69, 9.17) is 0 Å². The van der Waals surface area contributed by atoms with Gasteiger partial charge in [-0.15, -0.1) is 24.0 Å². The normalized spacial score (nSPS) is 16.1. The summed E-state index contributed by atoms with van der Waals surface area (Å²) < 4.78 is 2.27. The Morgan fingerprint density at radius 3 is 2.65 bits per heavy atom. The van der Waals surface area contributed by atoms with Gasteiger partial charge in [0.15, 0.2) is 5.96 Å². The number of aryl methyl sites for hydroxylation is 2. The largest absolute Gasteiger partial charge is 0.356 e. The molecule has 1 aliphatic rings. The molecule has 1 aliphatic heterocycles. The van der Waals surface area contributed by atoms with Crippen LogP contribution in [-0.4, -0.2) is 59.5 Å². The molecule has 0 radical (unpaired) electrons. The predicted molar refractivity (Wildman–Crippen MR) is 149 cm³/mol. The molecule has 7 nitrogen and oxygen atoms in total. The molecule has 0 spiro atoms. The van der Waals surface area contributed by atoms with Crippen LogP contribution in [0.1, 0.15) is 24.2 Å². The highest BCUT2D eigenvalue weighted by molar-refractivity contribution is 14.0. The fourth-order valence-corrected chi connectivity index (χ4v) is 4.50. The summed E-state index contributed by atoms with van der Waals surface area (Å²) in [6.07, 6.45) is 2.48. The number of aliphatic imine (C=N–C) groups is 1. The molecule has 3 aromatic rings. The monoisotopic (exact) mass is 574 g/mol. The quantitative estimate of drug-likeness (QED) is 0.177. The lowest BCUT2D eigenvalue weighted by Crippen LogP contribution is -2.40. The number of amides is 1. The Morgan fingerprint density at radius 2 is 1.85 bits per heavy atom. The average molecular weight is 575 g/mol. The van der Waals surface area contributed by atoms with Gasteiger partial charge >= 0.3 is 0 Å². The Bertz CT molecular complexity index is 1100. The van der Waals surface area contributed by atoms with Crippen molar-refractivity contribution >= 4 is 46.9 Å². The molecule has 1 fully saturated rings. The molecule has 1 unspecified atom stereocenters. The molecule has 1 aromatic heterocycles. The smallest absolute Gasteiger partial charge is 0.223 e. The molecule has 1 saturated heterocycles. The number of hydrogen-bond donors (Lipinski definition) is 2. The van der Waals surface area contributed by atoms with E-state index in [1.807, 2.05) is 29.2 Å². The summed E-state index contributed by atoms with van der Waals surface area (Å²) in [6, 6.07) is 18.6. The topological polar surface area (TPSA) is 74.5 Å². The van der Waals surface area contributed by atoms with Crippen LogP contribution >= 0.6 is 24.0 Å². The van der Waals surface area contributed by atoms with Gasteiger partial charge in [-0.05, 0) is 37.5 Å². The first kappa shape index (κ1) is 26.0. The number of nitrogens with one attached hydrogen (secondary N) is 2. The van der Waals surface area contributed by atoms with Gasteiger partial charge < -0.3 is 20.1 Å². The number of fused-ring (bicyclic) bond motifs is 1. The van der Waals surface area contributed by atoms with Gasteiger partial charge in [-0.2, -0.15) is 0 Å². The average Bonchev–Trinajstić information content (AvgIpc) is 3.36. The van der Waals surface area contributed by atoms with E-state index < -0.39 is 0 Å². The number of para-hydroxylation sites is 2. The Kier molecular flexibility index (Phi) is 9.74. The predicted octanol–water partition coefficient (Wildman–Crippen LogP) is 3.61. The third-order valence-corrected chi connectivity index (χ3v) is 6.29. The van der Waals surface area contributed by atoms with Gasteiger partial charge in [0.1, 0.15) is 5.82 Å². The molecule has 0 bridgehead atoms. The highest BCUT2D eigenvalue weighted by Gasteiger charge is 2.29. The van der Waals surface area contributed by atoms with E-state index in [2.05, 4.69) is 62.4 Å². The molecule has 8 heteroatoms. The molecular weight excluding hydrogens is 539 g/mol. The minimum absolute atomic E-state index is 0. The first-order chi connectivity index (χ1) is 16.1. The fourth-order valence-electron chi connectivity index (χ4n) is 4.50. The van der Waals surface area contributed by atoms with Gasteiger partial charge in [0.05, 0.1) is 11.0 Å². The highest BCUT2D eigenvalue weighted by Crippen LogP contribution is 2.18. The number of carbonyl (C=O) groups excluding carboxylic acids is 1. The van der Waals surface area contributed by atoms with E-state index in [1.54, 1.807) is 7.05 Å². The van der Waals surface area contributed by atoms with Crippen molar-refractivity contribution in [3.63, 3.8) is 0 Å². The standard InChI is InChI=1S/C26H34N6O.HI/c1-20-30-23-11-6-7-12-24(23)32(20)15-8-14-28-26(27-2)29-18-22-17-25(33)31(19-22)16-13-21-9-4-3-5-10-21;/h3-7,9-12,22H,8,13-19H2,1-2H3,(H2,27,28,29);1H. The Labute approximate surface area is 219 Å². The first-order valence-electron chi connectivity index (χ1n) is 11.8. The number of halogens is 1. The number of aromatic nitrogens is 2. The molecule has 2 heterocycles. The number of guanidine groups is 1. The summed E-state index contributed by atoms with van der Waals surface area (Å²) in [5.41, 5.74) is 3.50. The maximum Gasteiger partial charge on any atom is 0.223 e. The molecule has 1 atom stereocenters. The number of carbonyl (C=O) groups is 1. The molecule has 0 saturated carbocycles. The molecule has 2 N–H and O–H groups in total. The Hall–Kier alpha value is -2.62. The first-order valence-corrected chi connectivity index (χ1v) is 11.8. The molecule has 1 amide bonds. The minimum atomic E-state index is 0. The zero-order valence-corrected chi connectivity index (χ0v) is 22.4. The van der Waals surface area contributed by atoms with E-state index in [0.717, 1.165) is 62.9 Å². The minimum Gasteiger partial charge on any atom is -0.356 e. The van der Waals surface area contributed by atoms with E-state index in [-0.39, 0.29) is 29.9 Å². The fraction of sp³-hybridized carbons (Fsp3) is 0.423. The summed E-state index contributed by atoms with van der Waals surface area (Å²) in [4.78, 5) is 23.4. The van der Waals surface area contributed by atoms with Gasteiger partial charge in [0.2, 0.25) is 5.91 Å². The van der Waals surface area contributed by atoms with Crippen molar-refractivity contribution in [2.24, 2.45) is 10.9 Å². The maximum atomic E-state index is 12.4. The van der Waals surface area contributed by atoms with Gasteiger partial charge in [-0.1, -0.05) is 42.5 Å². The molecular formula is C26H35IN6O. The lowest BCUT2D eigenvalue weighted by molar-refractivity contribution is -0.127. The number of hydrogen-bond acceptors (Lipinski definition) is 3. The van der Waals surface area contributed by atoms with Gasteiger partial charge in [0.25, 0.3) is 0 Å². The number of rotatable bonds is 9. The van der Waals surface area contributed by atoms with E-state index >= 15 is 0 Å². The number of nitrogens with zero attached hydrogens (tertiary/aromatic N) is 4. The second kappa shape index (κ2) is 12.7. The van der Waals surface area contributed by atoms with E-state index in [1.165, 1.54) is 11.1 Å². The lowest BCUT2D eigenvalue weighted by Gasteiger charge is -2.18. The molecule has 34 heavy (non-hydrogen) atoms. The summed E-state index contributed by atoms with van der Waals surface area (Å²) in [5, 5.41) is 6.80. The summed E-state index contributed by atoms with van der Waals surface area (Å²) in [5.74, 6) is 2.40. The van der Waals surface area contributed by atoms with Crippen molar-refractivity contribution in [1.82, 2.24) is 25.1 Å². The molecule has 4 rings (SSSR count). The molecule has 2 aromatic carbocycles. The van der Waals surface area contributed by atoms with Crippen molar-refractivity contribution in [3.8, 4) is 0 Å². The third kappa shape index (κ3) is 6.71. The third-order valence-electron chi connectivity index (χ3n) is 6.29. The maximum absolute atomic E-state index is 12.4. The summed E-state index contributed by atoms with van der Waals surface area (Å²) >= 11 is 0. The van der Waals surface area contributed by atoms with Crippen LogP contribution in [0.4, 0.5) is 0 Å². The second-order valence-electron chi connectivity index (χ2n) is 8.68.